The molecule has 0 spiro atoms. The number of carbonyl (C=O) groups is 1. The number of likely N-dealkylation sites (tertiary alicyclic amines) is 1. The Labute approximate surface area is 254 Å². The van der Waals surface area contributed by atoms with E-state index in [0.717, 1.165) is 61.4 Å². The van der Waals surface area contributed by atoms with Crippen LogP contribution in [0.3, 0.4) is 0 Å². The molecular formula is C31H36ClF2N5O2S. The molecule has 4 atom stereocenters. The van der Waals surface area contributed by atoms with Gasteiger partial charge in [-0.1, -0.05) is 18.2 Å². The maximum absolute atomic E-state index is 15.0. The van der Waals surface area contributed by atoms with Crippen molar-refractivity contribution in [1.29, 1.82) is 5.41 Å². The summed E-state index contributed by atoms with van der Waals surface area (Å²) in [7, 11) is 0. The average Bonchev–Trinajstić information content (AvgIpc) is 3.60. The molecule has 0 aliphatic carbocycles. The van der Waals surface area contributed by atoms with Crippen LogP contribution in [0.2, 0.25) is 5.02 Å². The van der Waals surface area contributed by atoms with Crippen molar-refractivity contribution in [2.75, 3.05) is 50.4 Å². The van der Waals surface area contributed by atoms with Crippen LogP contribution in [0.4, 0.5) is 14.5 Å². The van der Waals surface area contributed by atoms with Crippen molar-refractivity contribution in [1.82, 2.24) is 14.7 Å². The zero-order valence-corrected chi connectivity index (χ0v) is 25.2. The lowest BCUT2D eigenvalue weighted by Gasteiger charge is -2.42. The normalized spacial score (nSPS) is 25.3. The number of amides is 1. The highest BCUT2D eigenvalue weighted by atomic mass is 35.5. The Hall–Kier alpha value is -2.66. The number of anilines is 1. The van der Waals surface area contributed by atoms with Crippen molar-refractivity contribution in [3.05, 3.63) is 59.1 Å². The standard InChI is InChI=1S/C31H36ClF2N5O2S/c1-3-27(40)38-9-10-39(18(2)14-38)31(35)24-13-25(32)28(23-7-6-19(33)11-26(23)34)30-29(24)36-20(17-42-30)5-4-8-37-15-22-12-21(37)16-41-22/h3,6-7,11,13,18,20-22,35-36H,1,4-5,8-10,12,14-17H2,2H3/t18-,20-,21-,22?/m0/s1. The minimum absolute atomic E-state index is 0.0920. The van der Waals surface area contributed by atoms with E-state index in [-0.39, 0.29) is 23.6 Å². The summed E-state index contributed by atoms with van der Waals surface area (Å²) < 4.78 is 34.6. The van der Waals surface area contributed by atoms with Crippen molar-refractivity contribution in [3.8, 4) is 11.1 Å². The number of halogens is 3. The van der Waals surface area contributed by atoms with Crippen LogP contribution in [-0.4, -0.2) is 95.8 Å². The molecule has 7 nitrogen and oxygen atoms in total. The van der Waals surface area contributed by atoms with E-state index in [1.54, 1.807) is 22.7 Å². The fourth-order valence-electron chi connectivity index (χ4n) is 6.70. The van der Waals surface area contributed by atoms with Crippen LogP contribution < -0.4 is 5.32 Å². The summed E-state index contributed by atoms with van der Waals surface area (Å²) in [5.74, 6) is -0.366. The highest BCUT2D eigenvalue weighted by molar-refractivity contribution is 7.99. The molecule has 0 aromatic heterocycles. The fourth-order valence-corrected chi connectivity index (χ4v) is 8.35. The van der Waals surface area contributed by atoms with E-state index >= 15 is 4.39 Å². The van der Waals surface area contributed by atoms with Gasteiger partial charge in [-0.25, -0.2) is 8.78 Å². The van der Waals surface area contributed by atoms with Gasteiger partial charge in [-0.2, -0.15) is 0 Å². The van der Waals surface area contributed by atoms with Crippen molar-refractivity contribution >= 4 is 40.8 Å². The summed E-state index contributed by atoms with van der Waals surface area (Å²) in [6.07, 6.45) is 4.82. The lowest BCUT2D eigenvalue weighted by Crippen LogP contribution is -2.55. The molecule has 6 rings (SSSR count). The van der Waals surface area contributed by atoms with Crippen LogP contribution >= 0.6 is 23.4 Å². The molecule has 4 aliphatic rings. The van der Waals surface area contributed by atoms with E-state index in [1.165, 1.54) is 18.2 Å². The number of morpholine rings is 1. The number of benzene rings is 2. The molecule has 2 bridgehead atoms. The zero-order chi connectivity index (χ0) is 29.5. The molecule has 2 N–H and O–H groups in total. The Morgan fingerprint density at radius 3 is 2.81 bits per heavy atom. The second-order valence-electron chi connectivity index (χ2n) is 11.6. The highest BCUT2D eigenvalue weighted by Crippen LogP contribution is 2.48. The van der Waals surface area contributed by atoms with Crippen molar-refractivity contribution in [3.63, 3.8) is 0 Å². The molecule has 1 unspecified atom stereocenters. The van der Waals surface area contributed by atoms with Gasteiger partial charge in [-0.15, -0.1) is 11.8 Å². The third-order valence-electron chi connectivity index (χ3n) is 8.88. The Morgan fingerprint density at radius 2 is 2.12 bits per heavy atom. The fraction of sp³-hybridized carbons (Fsp3) is 0.484. The molecule has 3 saturated heterocycles. The van der Waals surface area contributed by atoms with Gasteiger partial charge in [0.25, 0.3) is 0 Å². The van der Waals surface area contributed by atoms with Gasteiger partial charge in [-0.3, -0.25) is 15.1 Å². The van der Waals surface area contributed by atoms with E-state index in [2.05, 4.69) is 16.8 Å². The third kappa shape index (κ3) is 5.66. The van der Waals surface area contributed by atoms with E-state index in [4.69, 9.17) is 16.3 Å². The van der Waals surface area contributed by atoms with Crippen LogP contribution in [0.1, 0.15) is 31.7 Å². The minimum atomic E-state index is -0.676. The van der Waals surface area contributed by atoms with Gasteiger partial charge in [-0.05, 0) is 57.0 Å². The first kappa shape index (κ1) is 29.4. The van der Waals surface area contributed by atoms with Crippen LogP contribution in [0.5, 0.6) is 0 Å². The maximum Gasteiger partial charge on any atom is 0.246 e. The van der Waals surface area contributed by atoms with Crippen molar-refractivity contribution in [2.45, 2.75) is 55.3 Å². The van der Waals surface area contributed by atoms with Gasteiger partial charge in [0.15, 0.2) is 0 Å². The van der Waals surface area contributed by atoms with Crippen LogP contribution in [0.25, 0.3) is 11.1 Å². The molecule has 1 amide bonds. The second kappa shape index (κ2) is 12.1. The summed E-state index contributed by atoms with van der Waals surface area (Å²) in [5, 5.41) is 13.3. The number of thioether (sulfide) groups is 1. The van der Waals surface area contributed by atoms with Gasteiger partial charge in [0.2, 0.25) is 5.91 Å². The SMILES string of the molecule is C=CC(=O)N1CCN(C(=N)c2cc(Cl)c(-c3ccc(F)cc3F)c3c2N[C@@H](CCCN2CC4C[C@H]2CO4)CS3)[C@@H](C)C1. The molecular weight excluding hydrogens is 580 g/mol. The van der Waals surface area contributed by atoms with E-state index < -0.39 is 11.6 Å². The number of nitrogens with zero attached hydrogens (tertiary/aromatic N) is 3. The average molecular weight is 616 g/mol. The summed E-state index contributed by atoms with van der Waals surface area (Å²) in [6.45, 7) is 9.93. The van der Waals surface area contributed by atoms with Gasteiger partial charge in [0.1, 0.15) is 17.5 Å². The predicted molar refractivity (Wildman–Crippen MR) is 164 cm³/mol. The quantitative estimate of drug-likeness (QED) is 0.245. The minimum Gasteiger partial charge on any atom is -0.380 e. The number of piperazine rings is 1. The van der Waals surface area contributed by atoms with E-state index in [1.807, 2.05) is 11.8 Å². The number of amidine groups is 1. The number of rotatable bonds is 7. The van der Waals surface area contributed by atoms with Crippen molar-refractivity contribution in [2.24, 2.45) is 0 Å². The number of fused-ring (bicyclic) bond motifs is 3. The van der Waals surface area contributed by atoms with Gasteiger partial charge < -0.3 is 19.9 Å². The molecule has 2 aromatic rings. The first-order valence-electron chi connectivity index (χ1n) is 14.6. The summed E-state index contributed by atoms with van der Waals surface area (Å²) in [6, 6.07) is 5.88. The number of hydrogen-bond acceptors (Lipinski definition) is 6. The number of carbonyl (C=O) groups excluding carboxylic acids is 1. The number of ether oxygens (including phenoxy) is 1. The van der Waals surface area contributed by atoms with Crippen LogP contribution in [-0.2, 0) is 9.53 Å². The molecule has 2 aromatic carbocycles. The first-order chi connectivity index (χ1) is 20.2. The Balaban J connectivity index is 1.28. The van der Waals surface area contributed by atoms with Crippen LogP contribution in [0.15, 0.2) is 41.8 Å². The topological polar surface area (TPSA) is 71.9 Å². The zero-order valence-electron chi connectivity index (χ0n) is 23.7. The number of hydrogen-bond donors (Lipinski definition) is 2. The van der Waals surface area contributed by atoms with Gasteiger partial charge in [0.05, 0.1) is 23.4 Å². The summed E-state index contributed by atoms with van der Waals surface area (Å²) >= 11 is 8.45. The van der Waals surface area contributed by atoms with Crippen LogP contribution in [0, 0.1) is 17.0 Å². The predicted octanol–water partition coefficient (Wildman–Crippen LogP) is 5.47. The Kier molecular flexibility index (Phi) is 8.51. The highest BCUT2D eigenvalue weighted by Gasteiger charge is 2.38. The molecule has 0 saturated carbocycles. The Morgan fingerprint density at radius 1 is 1.29 bits per heavy atom. The summed E-state index contributed by atoms with van der Waals surface area (Å²) in [5.41, 5.74) is 2.15. The largest absolute Gasteiger partial charge is 0.380 e. The van der Waals surface area contributed by atoms with Gasteiger partial charge in [0, 0.05) is 77.7 Å². The molecule has 0 radical (unpaired) electrons. The number of nitrogens with one attached hydrogen (secondary N) is 2. The molecule has 4 aliphatic heterocycles. The molecule has 3 fully saturated rings. The molecule has 4 heterocycles. The van der Waals surface area contributed by atoms with E-state index in [0.29, 0.717) is 53.8 Å². The van der Waals surface area contributed by atoms with E-state index in [9.17, 15) is 14.6 Å². The molecule has 224 valence electrons. The molecule has 11 heteroatoms. The lowest BCUT2D eigenvalue weighted by molar-refractivity contribution is -0.128. The maximum atomic E-state index is 15.0. The van der Waals surface area contributed by atoms with Crippen molar-refractivity contribution < 1.29 is 18.3 Å². The molecule has 42 heavy (non-hydrogen) atoms. The third-order valence-corrected chi connectivity index (χ3v) is 10.4. The second-order valence-corrected chi connectivity index (χ2v) is 13.1. The smallest absolute Gasteiger partial charge is 0.246 e. The monoisotopic (exact) mass is 615 g/mol. The Bertz CT molecular complexity index is 1410. The summed E-state index contributed by atoms with van der Waals surface area (Å²) in [4.78, 5) is 19.2. The van der Waals surface area contributed by atoms with Gasteiger partial charge >= 0.3 is 0 Å². The lowest BCUT2D eigenvalue weighted by atomic mass is 9.98. The first-order valence-corrected chi connectivity index (χ1v) is 15.9.